The molecular weight excluding hydrogens is 430 g/mol. The molecule has 0 aliphatic carbocycles. The van der Waals surface area contributed by atoms with Crippen molar-refractivity contribution in [1.29, 1.82) is 0 Å². The number of hydrogen-bond donors (Lipinski definition) is 3. The van der Waals surface area contributed by atoms with Crippen LogP contribution in [0.15, 0.2) is 29.6 Å². The fraction of sp³-hybridized carbons (Fsp3) is 0.267. The SMILES string of the molecule is C=CCON=C(C(=O)NC1C(=O)N2C(C(=O)O)=CCS[C@@H]12)c1nc(N)sc1Cl. The first-order valence-electron chi connectivity index (χ1n) is 7.77. The first-order chi connectivity index (χ1) is 13.3. The van der Waals surface area contributed by atoms with Crippen LogP contribution in [0, 0.1) is 0 Å². The van der Waals surface area contributed by atoms with Gasteiger partial charge in [-0.2, -0.15) is 0 Å². The molecule has 2 aliphatic rings. The van der Waals surface area contributed by atoms with E-state index in [2.05, 4.69) is 22.0 Å². The number of carboxylic acids is 1. The molecule has 2 amide bonds. The number of β-lactam (4-membered cyclic amide) rings is 1. The minimum absolute atomic E-state index is 0.0248. The first-order valence-corrected chi connectivity index (χ1v) is 10.0. The summed E-state index contributed by atoms with van der Waals surface area (Å²) >= 11 is 8.35. The molecular formula is C15H14ClN5O5S2. The van der Waals surface area contributed by atoms with Gasteiger partial charge in [-0.3, -0.25) is 14.5 Å². The fourth-order valence-electron chi connectivity index (χ4n) is 2.56. The number of amides is 2. The van der Waals surface area contributed by atoms with Gasteiger partial charge in [-0.1, -0.05) is 40.7 Å². The third-order valence-electron chi connectivity index (χ3n) is 3.74. The number of aliphatic carboxylic acids is 1. The third kappa shape index (κ3) is 3.70. The lowest BCUT2D eigenvalue weighted by molar-refractivity contribution is -0.150. The molecule has 0 saturated carbocycles. The number of oxime groups is 1. The lowest BCUT2D eigenvalue weighted by Gasteiger charge is -2.48. The van der Waals surface area contributed by atoms with Gasteiger partial charge in [0.05, 0.1) is 0 Å². The van der Waals surface area contributed by atoms with Crippen LogP contribution in [-0.4, -0.2) is 62.3 Å². The van der Waals surface area contributed by atoms with Crippen LogP contribution in [0.4, 0.5) is 5.13 Å². The van der Waals surface area contributed by atoms with Crippen LogP contribution in [0.2, 0.25) is 4.34 Å². The molecule has 1 unspecified atom stereocenters. The van der Waals surface area contributed by atoms with Crippen LogP contribution in [0.25, 0.3) is 0 Å². The molecule has 0 radical (unpaired) electrons. The highest BCUT2D eigenvalue weighted by molar-refractivity contribution is 8.00. The Bertz CT molecular complexity index is 915. The van der Waals surface area contributed by atoms with E-state index in [0.29, 0.717) is 5.75 Å². The number of nitrogen functional groups attached to an aromatic ring is 1. The van der Waals surface area contributed by atoms with Crippen molar-refractivity contribution in [2.75, 3.05) is 18.1 Å². The maximum atomic E-state index is 12.7. The highest BCUT2D eigenvalue weighted by atomic mass is 35.5. The average Bonchev–Trinajstić information content (AvgIpc) is 2.99. The zero-order valence-corrected chi connectivity index (χ0v) is 16.5. The van der Waals surface area contributed by atoms with E-state index in [0.717, 1.165) is 16.2 Å². The number of anilines is 1. The van der Waals surface area contributed by atoms with Gasteiger partial charge in [0.15, 0.2) is 10.8 Å². The van der Waals surface area contributed by atoms with Gasteiger partial charge in [0.1, 0.15) is 33.7 Å². The topological polar surface area (TPSA) is 147 Å². The molecule has 2 atom stereocenters. The molecule has 4 N–H and O–H groups in total. The standard InChI is InChI=1S/C15H14ClN5O5S2/c1-2-4-26-20-8(7-10(16)28-15(17)19-7)11(22)18-9-12(23)21-6(14(24)25)3-5-27-13(9)21/h2-3,9,13H,1,4-5H2,(H2,17,19)(H,18,22)(H,24,25)/t9?,13-/m0/s1. The maximum absolute atomic E-state index is 12.7. The van der Waals surface area contributed by atoms with E-state index in [4.69, 9.17) is 22.2 Å². The number of hydrogen-bond acceptors (Lipinski definition) is 9. The lowest BCUT2D eigenvalue weighted by Crippen LogP contribution is -2.70. The predicted octanol–water partition coefficient (Wildman–Crippen LogP) is 0.654. The number of thioether (sulfide) groups is 1. The number of aromatic nitrogens is 1. The van der Waals surface area contributed by atoms with Gasteiger partial charge in [-0.15, -0.1) is 11.8 Å². The summed E-state index contributed by atoms with van der Waals surface area (Å²) in [5.41, 5.74) is 5.29. The normalized spacial score (nSPS) is 21.3. The number of halogens is 1. The van der Waals surface area contributed by atoms with Crippen molar-refractivity contribution < 1.29 is 24.3 Å². The van der Waals surface area contributed by atoms with Crippen LogP contribution in [0.3, 0.4) is 0 Å². The van der Waals surface area contributed by atoms with Gasteiger partial charge in [-0.05, 0) is 6.08 Å². The lowest BCUT2D eigenvalue weighted by atomic mass is 10.0. The van der Waals surface area contributed by atoms with Gasteiger partial charge in [0, 0.05) is 5.75 Å². The number of carbonyl (C=O) groups excluding carboxylic acids is 2. The Morgan fingerprint density at radius 2 is 2.36 bits per heavy atom. The summed E-state index contributed by atoms with van der Waals surface area (Å²) in [6.45, 7) is 3.52. The second-order valence-corrected chi connectivity index (χ2v) is 8.26. The number of nitrogens with one attached hydrogen (secondary N) is 1. The number of rotatable bonds is 7. The van der Waals surface area contributed by atoms with Gasteiger partial charge >= 0.3 is 5.97 Å². The van der Waals surface area contributed by atoms with Crippen molar-refractivity contribution in [3.05, 3.63) is 34.5 Å². The van der Waals surface area contributed by atoms with Gasteiger partial charge in [0.2, 0.25) is 0 Å². The second kappa shape index (κ2) is 8.20. The number of fused-ring (bicyclic) bond motifs is 1. The third-order valence-corrected chi connectivity index (χ3v) is 6.01. The summed E-state index contributed by atoms with van der Waals surface area (Å²) < 4.78 is 0.137. The minimum atomic E-state index is -1.20. The molecule has 1 fully saturated rings. The van der Waals surface area contributed by atoms with Gasteiger partial charge < -0.3 is 21.0 Å². The molecule has 0 spiro atoms. The van der Waals surface area contributed by atoms with Crippen molar-refractivity contribution in [3.63, 3.8) is 0 Å². The zero-order valence-electron chi connectivity index (χ0n) is 14.1. The summed E-state index contributed by atoms with van der Waals surface area (Å²) in [6.07, 6.45) is 2.88. The van der Waals surface area contributed by atoms with E-state index in [9.17, 15) is 19.5 Å². The number of thiazole rings is 1. The Balaban J connectivity index is 1.80. The molecule has 2 aliphatic heterocycles. The summed E-state index contributed by atoms with van der Waals surface area (Å²) in [7, 11) is 0. The number of nitrogens with zero attached hydrogens (tertiary/aromatic N) is 3. The van der Waals surface area contributed by atoms with Crippen molar-refractivity contribution in [1.82, 2.24) is 15.2 Å². The van der Waals surface area contributed by atoms with Gasteiger partial charge in [-0.25, -0.2) is 9.78 Å². The molecule has 0 aromatic carbocycles. The number of nitrogens with two attached hydrogens (primary N) is 1. The summed E-state index contributed by atoms with van der Waals surface area (Å²) in [5.74, 6) is -2.08. The highest BCUT2D eigenvalue weighted by Crippen LogP contribution is 2.37. The maximum Gasteiger partial charge on any atom is 0.352 e. The molecule has 1 aromatic rings. The smallest absolute Gasteiger partial charge is 0.352 e. The molecule has 0 bridgehead atoms. The first kappa shape index (κ1) is 20.2. The second-order valence-electron chi connectivity index (χ2n) is 5.48. The van der Waals surface area contributed by atoms with E-state index >= 15 is 0 Å². The van der Waals surface area contributed by atoms with Crippen molar-refractivity contribution in [3.8, 4) is 0 Å². The van der Waals surface area contributed by atoms with Crippen molar-refractivity contribution in [2.45, 2.75) is 11.4 Å². The zero-order chi connectivity index (χ0) is 20.4. The summed E-state index contributed by atoms with van der Waals surface area (Å²) in [5, 5.41) is 15.1. The quantitative estimate of drug-likeness (QED) is 0.183. The minimum Gasteiger partial charge on any atom is -0.477 e. The molecule has 3 heterocycles. The van der Waals surface area contributed by atoms with Crippen LogP contribution >= 0.6 is 34.7 Å². The molecule has 10 nitrogen and oxygen atoms in total. The van der Waals surface area contributed by atoms with E-state index in [1.54, 1.807) is 0 Å². The Morgan fingerprint density at radius 3 is 2.96 bits per heavy atom. The van der Waals surface area contributed by atoms with Crippen LogP contribution in [0.1, 0.15) is 5.69 Å². The average molecular weight is 444 g/mol. The monoisotopic (exact) mass is 443 g/mol. The Kier molecular flexibility index (Phi) is 5.91. The van der Waals surface area contributed by atoms with Crippen LogP contribution < -0.4 is 11.1 Å². The molecule has 3 rings (SSSR count). The van der Waals surface area contributed by atoms with Crippen LogP contribution in [0.5, 0.6) is 0 Å². The van der Waals surface area contributed by atoms with Crippen LogP contribution in [-0.2, 0) is 19.2 Å². The van der Waals surface area contributed by atoms with E-state index in [-0.39, 0.29) is 33.2 Å². The van der Waals surface area contributed by atoms with Crippen molar-refractivity contribution in [2.24, 2.45) is 5.16 Å². The summed E-state index contributed by atoms with van der Waals surface area (Å²) in [4.78, 5) is 46.5. The Labute approximate surface area is 172 Å². The van der Waals surface area contributed by atoms with Gasteiger partial charge in [0.25, 0.3) is 11.8 Å². The Hall–Kier alpha value is -2.57. The highest BCUT2D eigenvalue weighted by Gasteiger charge is 2.53. The predicted molar refractivity (Wildman–Crippen MR) is 105 cm³/mol. The molecule has 1 aromatic heterocycles. The molecule has 28 heavy (non-hydrogen) atoms. The van der Waals surface area contributed by atoms with E-state index in [1.807, 2.05) is 0 Å². The molecule has 148 valence electrons. The number of carboxylic acid groups (broad SMARTS) is 1. The van der Waals surface area contributed by atoms with E-state index in [1.165, 1.54) is 23.9 Å². The number of carbonyl (C=O) groups is 3. The Morgan fingerprint density at radius 1 is 1.61 bits per heavy atom. The molecule has 13 heteroatoms. The molecule has 1 saturated heterocycles. The van der Waals surface area contributed by atoms with E-state index < -0.39 is 29.2 Å². The summed E-state index contributed by atoms with van der Waals surface area (Å²) in [6, 6.07) is -0.917. The van der Waals surface area contributed by atoms with Crippen molar-refractivity contribution >= 4 is 63.3 Å². The largest absolute Gasteiger partial charge is 0.477 e. The fourth-order valence-corrected chi connectivity index (χ4v) is 4.68.